The first kappa shape index (κ1) is 19.7. The first-order valence-electron chi connectivity index (χ1n) is 7.26. The highest BCUT2D eigenvalue weighted by Gasteiger charge is 2.15. The highest BCUT2D eigenvalue weighted by molar-refractivity contribution is 6.30. The normalized spacial score (nSPS) is 10.4. The fourth-order valence-corrected chi connectivity index (χ4v) is 1.84. The van der Waals surface area contributed by atoms with Crippen molar-refractivity contribution in [1.29, 1.82) is 0 Å². The smallest absolute Gasteiger partial charge is 0.407 e. The Bertz CT molecular complexity index is 442. The minimum absolute atomic E-state index is 0.407. The minimum Gasteiger partial charge on any atom is -0.444 e. The molecule has 0 heterocycles. The summed E-state index contributed by atoms with van der Waals surface area (Å²) in [6.07, 6.45) is 0.291. The lowest BCUT2D eigenvalue weighted by Gasteiger charge is -2.19. The average Bonchev–Trinajstić information content (AvgIpc) is 2.40. The number of rotatable bonds is 4. The number of benzene rings is 1. The second-order valence-corrected chi connectivity index (χ2v) is 5.73. The topological polar surface area (TPSA) is 64.3 Å². The largest absolute Gasteiger partial charge is 0.444 e. The maximum absolute atomic E-state index is 11.5. The van der Waals surface area contributed by atoms with Gasteiger partial charge in [-0.25, -0.2) is 4.79 Å². The second kappa shape index (κ2) is 9.64. The summed E-state index contributed by atoms with van der Waals surface area (Å²) in [7, 11) is 0. The molecular weight excluding hydrogens is 288 g/mol. The van der Waals surface area contributed by atoms with Crippen LogP contribution in [-0.2, 0) is 17.7 Å². The molecule has 0 aliphatic rings. The predicted molar refractivity (Wildman–Crippen MR) is 88.6 cm³/mol. The molecule has 0 aromatic heterocycles. The van der Waals surface area contributed by atoms with Crippen LogP contribution >= 0.6 is 11.6 Å². The molecule has 5 heteroatoms. The van der Waals surface area contributed by atoms with Gasteiger partial charge in [-0.1, -0.05) is 31.5 Å². The molecule has 1 rings (SSSR count). The lowest BCUT2D eigenvalue weighted by molar-refractivity contribution is 0.0528. The third-order valence-electron chi connectivity index (χ3n) is 2.45. The van der Waals surface area contributed by atoms with Crippen LogP contribution in [0.15, 0.2) is 18.2 Å². The zero-order valence-corrected chi connectivity index (χ0v) is 14.4. The van der Waals surface area contributed by atoms with Gasteiger partial charge in [-0.2, -0.15) is 0 Å². The Balaban J connectivity index is 0.00000191. The predicted octanol–water partition coefficient (Wildman–Crippen LogP) is 3.89. The maximum atomic E-state index is 11.5. The van der Waals surface area contributed by atoms with Crippen LogP contribution in [0.1, 0.15) is 45.7 Å². The molecule has 0 unspecified atom stereocenters. The Kier molecular flexibility index (Phi) is 9.06. The number of nitrogens with one attached hydrogen (secondary N) is 1. The number of ether oxygens (including phenoxy) is 1. The molecule has 0 aliphatic carbocycles. The molecule has 3 N–H and O–H groups in total. The van der Waals surface area contributed by atoms with Crippen LogP contribution in [0.4, 0.5) is 4.79 Å². The summed E-state index contributed by atoms with van der Waals surface area (Å²) in [6, 6.07) is 5.61. The van der Waals surface area contributed by atoms with Crippen LogP contribution in [0.3, 0.4) is 0 Å². The van der Waals surface area contributed by atoms with Crippen LogP contribution in [0, 0.1) is 0 Å². The Morgan fingerprint density at radius 1 is 1.29 bits per heavy atom. The van der Waals surface area contributed by atoms with E-state index in [1.807, 2.05) is 52.8 Å². The molecule has 21 heavy (non-hydrogen) atoms. The van der Waals surface area contributed by atoms with Gasteiger partial charge in [-0.15, -0.1) is 0 Å². The van der Waals surface area contributed by atoms with E-state index in [-0.39, 0.29) is 0 Å². The first-order chi connectivity index (χ1) is 9.81. The van der Waals surface area contributed by atoms with Gasteiger partial charge in [-0.3, -0.25) is 0 Å². The van der Waals surface area contributed by atoms with Crippen LogP contribution in [0.2, 0.25) is 5.02 Å². The molecule has 0 bridgehead atoms. The van der Waals surface area contributed by atoms with Gasteiger partial charge in [0.2, 0.25) is 0 Å². The van der Waals surface area contributed by atoms with Crippen molar-refractivity contribution in [2.24, 2.45) is 5.73 Å². The van der Waals surface area contributed by atoms with E-state index in [0.717, 1.165) is 11.1 Å². The number of amides is 1. The SMILES string of the molecule is CC.CC(C)(C)OC(=O)NCCc1ccc(Cl)cc1CN. The molecule has 0 radical (unpaired) electrons. The van der Waals surface area contributed by atoms with E-state index < -0.39 is 11.7 Å². The van der Waals surface area contributed by atoms with Gasteiger partial charge in [0.05, 0.1) is 0 Å². The van der Waals surface area contributed by atoms with Crippen molar-refractivity contribution in [2.75, 3.05) is 6.54 Å². The molecule has 0 aliphatic heterocycles. The summed E-state index contributed by atoms with van der Waals surface area (Å²) in [5.74, 6) is 0. The van der Waals surface area contributed by atoms with Gasteiger partial charge in [0.1, 0.15) is 5.60 Å². The van der Waals surface area contributed by atoms with E-state index in [1.165, 1.54) is 0 Å². The zero-order valence-electron chi connectivity index (χ0n) is 13.6. The Hall–Kier alpha value is -1.26. The van der Waals surface area contributed by atoms with Gasteiger partial charge in [0.15, 0.2) is 0 Å². The Morgan fingerprint density at radius 2 is 1.90 bits per heavy atom. The van der Waals surface area contributed by atoms with Gasteiger partial charge in [-0.05, 0) is 50.5 Å². The molecule has 4 nitrogen and oxygen atoms in total. The summed E-state index contributed by atoms with van der Waals surface area (Å²) >= 11 is 5.91. The van der Waals surface area contributed by atoms with Crippen molar-refractivity contribution in [3.05, 3.63) is 34.3 Å². The van der Waals surface area contributed by atoms with E-state index in [9.17, 15) is 4.79 Å². The van der Waals surface area contributed by atoms with Gasteiger partial charge in [0, 0.05) is 18.1 Å². The molecule has 0 spiro atoms. The summed E-state index contributed by atoms with van der Waals surface area (Å²) in [5.41, 5.74) is 7.27. The van der Waals surface area contributed by atoms with E-state index in [4.69, 9.17) is 22.1 Å². The quantitative estimate of drug-likeness (QED) is 0.886. The van der Waals surface area contributed by atoms with Crippen LogP contribution < -0.4 is 11.1 Å². The van der Waals surface area contributed by atoms with Crippen LogP contribution in [0.25, 0.3) is 0 Å². The van der Waals surface area contributed by atoms with Gasteiger partial charge in [0.25, 0.3) is 0 Å². The van der Waals surface area contributed by atoms with Crippen molar-refractivity contribution in [2.45, 2.75) is 53.2 Å². The van der Waals surface area contributed by atoms with E-state index >= 15 is 0 Å². The lowest BCUT2D eigenvalue weighted by atomic mass is 10.0. The number of carbonyl (C=O) groups excluding carboxylic acids is 1. The van der Waals surface area contributed by atoms with E-state index in [1.54, 1.807) is 0 Å². The summed E-state index contributed by atoms with van der Waals surface area (Å²) in [5, 5.41) is 3.39. The molecule has 120 valence electrons. The maximum Gasteiger partial charge on any atom is 0.407 e. The minimum atomic E-state index is -0.479. The fourth-order valence-electron chi connectivity index (χ4n) is 1.64. The van der Waals surface area contributed by atoms with Gasteiger partial charge >= 0.3 is 6.09 Å². The fraction of sp³-hybridized carbons (Fsp3) is 0.562. The second-order valence-electron chi connectivity index (χ2n) is 5.30. The average molecular weight is 315 g/mol. The molecule has 1 amide bonds. The summed E-state index contributed by atoms with van der Waals surface area (Å²) in [4.78, 5) is 11.5. The van der Waals surface area contributed by atoms with Crippen molar-refractivity contribution in [1.82, 2.24) is 5.32 Å². The third-order valence-corrected chi connectivity index (χ3v) is 2.69. The van der Waals surface area contributed by atoms with Crippen molar-refractivity contribution in [3.63, 3.8) is 0 Å². The lowest BCUT2D eigenvalue weighted by Crippen LogP contribution is -2.33. The molecule has 1 aromatic carbocycles. The van der Waals surface area contributed by atoms with Crippen molar-refractivity contribution < 1.29 is 9.53 Å². The zero-order chi connectivity index (χ0) is 16.5. The standard InChI is InChI=1S/C14H21ClN2O2.C2H6/c1-14(2,3)19-13(18)17-7-6-10-4-5-12(15)8-11(10)9-16;1-2/h4-5,8H,6-7,9,16H2,1-3H3,(H,17,18);1-2H3. The van der Waals surface area contributed by atoms with Crippen LogP contribution in [-0.4, -0.2) is 18.2 Å². The first-order valence-corrected chi connectivity index (χ1v) is 7.64. The highest BCUT2D eigenvalue weighted by Crippen LogP contribution is 2.16. The molecular formula is C16H27ClN2O2. The number of alkyl carbamates (subject to hydrolysis) is 1. The summed E-state index contributed by atoms with van der Waals surface area (Å²) < 4.78 is 5.16. The Morgan fingerprint density at radius 3 is 2.43 bits per heavy atom. The number of nitrogens with two attached hydrogens (primary N) is 1. The van der Waals surface area contributed by atoms with Crippen molar-refractivity contribution >= 4 is 17.7 Å². The van der Waals surface area contributed by atoms with E-state index in [2.05, 4.69) is 5.32 Å². The molecule has 0 saturated carbocycles. The monoisotopic (exact) mass is 314 g/mol. The van der Waals surface area contributed by atoms with Gasteiger partial charge < -0.3 is 15.8 Å². The number of hydrogen-bond acceptors (Lipinski definition) is 3. The van der Waals surface area contributed by atoms with Crippen LogP contribution in [0.5, 0.6) is 0 Å². The van der Waals surface area contributed by atoms with Crippen molar-refractivity contribution in [3.8, 4) is 0 Å². The Labute approximate surface area is 133 Å². The molecule has 1 aromatic rings. The summed E-state index contributed by atoms with van der Waals surface area (Å²) in [6.45, 7) is 10.4. The number of carbonyl (C=O) groups is 1. The highest BCUT2D eigenvalue weighted by atomic mass is 35.5. The molecule has 0 fully saturated rings. The molecule has 0 saturated heterocycles. The molecule has 0 atom stereocenters. The number of halogens is 1. The number of hydrogen-bond donors (Lipinski definition) is 2. The van der Waals surface area contributed by atoms with E-state index in [0.29, 0.717) is 24.5 Å². The third kappa shape index (κ3) is 8.58.